The van der Waals surface area contributed by atoms with Gasteiger partial charge in [0.05, 0.1) is 37.6 Å². The van der Waals surface area contributed by atoms with Crippen LogP contribution < -0.4 is 19.1 Å². The molecule has 2 aliphatic heterocycles. The number of hydrogen-bond donors (Lipinski definition) is 1. The third kappa shape index (κ3) is 5.69. The van der Waals surface area contributed by atoms with Gasteiger partial charge >= 0.3 is 11.9 Å². The van der Waals surface area contributed by atoms with E-state index in [1.165, 1.54) is 12.0 Å². The molecular formula is C32H34N2O8S. The summed E-state index contributed by atoms with van der Waals surface area (Å²) in [5.41, 5.74) is 2.03. The molecule has 0 unspecified atom stereocenters. The number of thiazole rings is 1. The Balaban J connectivity index is 1.68. The van der Waals surface area contributed by atoms with Gasteiger partial charge in [-0.25, -0.2) is 9.78 Å². The number of aromatic nitrogens is 1. The minimum Gasteiger partial charge on any atom is -0.507 e. The second-order valence-corrected chi connectivity index (χ2v) is 11.3. The van der Waals surface area contributed by atoms with Crippen LogP contribution in [0, 0.1) is 6.92 Å². The smallest absolute Gasteiger partial charge is 0.350 e. The van der Waals surface area contributed by atoms with Crippen LogP contribution >= 0.6 is 11.3 Å². The second kappa shape index (κ2) is 12.5. The molecule has 1 aromatic heterocycles. The lowest BCUT2D eigenvalue weighted by molar-refractivity contribution is -0.132. The number of unbranched alkanes of at least 4 members (excludes halogenated alkanes) is 1. The minimum atomic E-state index is -1.07. The summed E-state index contributed by atoms with van der Waals surface area (Å²) in [7, 11) is 1.26. The number of methoxy groups -OCH3 is 1. The molecule has 5 rings (SSSR count). The van der Waals surface area contributed by atoms with E-state index in [0.717, 1.165) is 35.5 Å². The molecule has 3 heterocycles. The molecule has 10 nitrogen and oxygen atoms in total. The van der Waals surface area contributed by atoms with Crippen LogP contribution in [0.1, 0.15) is 71.7 Å². The van der Waals surface area contributed by atoms with Gasteiger partial charge in [-0.15, -0.1) is 0 Å². The van der Waals surface area contributed by atoms with E-state index < -0.39 is 23.7 Å². The number of Topliss-reactive ketones (excluding diaryl/α,β-unsaturated/α-hetero) is 1. The molecule has 2 aromatic carbocycles. The van der Waals surface area contributed by atoms with E-state index in [2.05, 4.69) is 11.9 Å². The predicted octanol–water partition coefficient (Wildman–Crippen LogP) is 5.77. The number of carbonyl (C=O) groups is 3. The lowest BCUT2D eigenvalue weighted by Gasteiger charge is -2.24. The maximum atomic E-state index is 13.7. The molecular weight excluding hydrogens is 572 g/mol. The first-order valence-corrected chi connectivity index (χ1v) is 15.1. The van der Waals surface area contributed by atoms with E-state index in [4.69, 9.17) is 18.9 Å². The first-order chi connectivity index (χ1) is 20.7. The Kier molecular flexibility index (Phi) is 8.72. The van der Waals surface area contributed by atoms with E-state index in [-0.39, 0.29) is 27.4 Å². The van der Waals surface area contributed by atoms with Gasteiger partial charge in [0.15, 0.2) is 16.6 Å². The number of ketones is 1. The highest BCUT2D eigenvalue weighted by Crippen LogP contribution is 2.46. The summed E-state index contributed by atoms with van der Waals surface area (Å²) < 4.78 is 22.5. The molecule has 1 saturated heterocycles. The van der Waals surface area contributed by atoms with E-state index in [0.29, 0.717) is 48.0 Å². The summed E-state index contributed by atoms with van der Waals surface area (Å²) in [6.45, 7) is 8.36. The van der Waals surface area contributed by atoms with Crippen LogP contribution in [0.4, 0.5) is 5.13 Å². The van der Waals surface area contributed by atoms with Crippen molar-refractivity contribution in [3.05, 3.63) is 69.2 Å². The molecule has 0 radical (unpaired) electrons. The van der Waals surface area contributed by atoms with E-state index in [9.17, 15) is 19.5 Å². The zero-order valence-electron chi connectivity index (χ0n) is 24.8. The van der Waals surface area contributed by atoms with Gasteiger partial charge in [0.2, 0.25) is 0 Å². The quantitative estimate of drug-likeness (QED) is 0.101. The fourth-order valence-corrected chi connectivity index (χ4v) is 6.26. The first-order valence-electron chi connectivity index (χ1n) is 14.2. The third-order valence-corrected chi connectivity index (χ3v) is 8.45. The lowest BCUT2D eigenvalue weighted by atomic mass is 9.94. The van der Waals surface area contributed by atoms with E-state index in [1.54, 1.807) is 43.3 Å². The Hall–Kier alpha value is -4.38. The number of anilines is 1. The Labute approximate surface area is 253 Å². The van der Waals surface area contributed by atoms with E-state index >= 15 is 0 Å². The van der Waals surface area contributed by atoms with Crippen LogP contribution in [0.15, 0.2) is 42.0 Å². The van der Waals surface area contributed by atoms with Crippen LogP contribution in [0.25, 0.3) is 5.76 Å². The number of benzene rings is 2. The number of amides is 1. The zero-order chi connectivity index (χ0) is 30.8. The standard InChI is InChI=1S/C32H34N2O8S/c1-6-8-13-41-23-12-9-19(16-24(23)40-7-2)26-25(27(35)20-10-11-22-21(15-20)14-17(3)42-22)28(36)30(37)34(26)32-33-18(4)29(43-32)31(38)39-5/h9-12,15-17,26,35H,6-8,13-14H2,1-5H3/b27-25+/t17-,26+/m0/s1. The van der Waals surface area contributed by atoms with Crippen molar-refractivity contribution >= 4 is 39.9 Å². The number of fused-ring (bicyclic) bond motifs is 1. The zero-order valence-corrected chi connectivity index (χ0v) is 25.6. The topological polar surface area (TPSA) is 124 Å². The third-order valence-electron chi connectivity index (χ3n) is 7.31. The fourth-order valence-electron chi connectivity index (χ4n) is 5.25. The number of rotatable bonds is 10. The number of aliphatic hydroxyl groups excluding tert-OH is 1. The van der Waals surface area contributed by atoms with Crippen molar-refractivity contribution in [2.75, 3.05) is 25.2 Å². The van der Waals surface area contributed by atoms with Gasteiger partial charge in [0, 0.05) is 12.0 Å². The average molecular weight is 607 g/mol. The normalized spacial score (nSPS) is 18.9. The van der Waals surface area contributed by atoms with Crippen molar-refractivity contribution in [1.29, 1.82) is 0 Å². The number of aliphatic hydroxyl groups is 1. The predicted molar refractivity (Wildman–Crippen MR) is 161 cm³/mol. The second-order valence-electron chi connectivity index (χ2n) is 10.4. The van der Waals surface area contributed by atoms with Gasteiger partial charge in [0.1, 0.15) is 22.5 Å². The fraction of sp³-hybridized carbons (Fsp3) is 0.375. The molecule has 2 aliphatic rings. The summed E-state index contributed by atoms with van der Waals surface area (Å²) in [4.78, 5) is 45.7. The van der Waals surface area contributed by atoms with Crippen LogP contribution in [0.2, 0.25) is 0 Å². The summed E-state index contributed by atoms with van der Waals surface area (Å²) in [5, 5.41) is 11.8. The van der Waals surface area contributed by atoms with Gasteiger partial charge in [-0.2, -0.15) is 0 Å². The van der Waals surface area contributed by atoms with Gasteiger partial charge in [-0.1, -0.05) is 30.7 Å². The molecule has 1 N–H and O–H groups in total. The Morgan fingerprint density at radius 2 is 1.93 bits per heavy atom. The lowest BCUT2D eigenvalue weighted by Crippen LogP contribution is -2.29. The number of esters is 1. The summed E-state index contributed by atoms with van der Waals surface area (Å²) in [5.74, 6) is -0.989. The number of nitrogens with zero attached hydrogens (tertiary/aromatic N) is 2. The number of aryl methyl sites for hydroxylation is 1. The Bertz CT molecular complexity index is 1610. The molecule has 2 atom stereocenters. The molecule has 226 valence electrons. The highest BCUT2D eigenvalue weighted by Gasteiger charge is 2.48. The SMILES string of the molecule is CCCCOc1ccc([C@@H]2/C(=C(\O)c3ccc4c(c3)C[C@H](C)O4)C(=O)C(=O)N2c2nc(C)c(C(=O)OC)s2)cc1OCC. The molecule has 0 aliphatic carbocycles. The Morgan fingerprint density at radius 3 is 2.65 bits per heavy atom. The highest BCUT2D eigenvalue weighted by molar-refractivity contribution is 7.17. The van der Waals surface area contributed by atoms with Crippen molar-refractivity contribution in [2.45, 2.75) is 59.1 Å². The molecule has 1 fully saturated rings. The molecule has 0 bridgehead atoms. The number of carbonyl (C=O) groups excluding carboxylic acids is 3. The summed E-state index contributed by atoms with van der Waals surface area (Å²) in [6, 6.07) is 9.30. The van der Waals surface area contributed by atoms with Crippen LogP contribution in [-0.4, -0.2) is 54.2 Å². The van der Waals surface area contributed by atoms with Crippen LogP contribution in [-0.2, 0) is 20.7 Å². The van der Waals surface area contributed by atoms with Gasteiger partial charge in [0.25, 0.3) is 5.78 Å². The molecule has 3 aromatic rings. The number of hydrogen-bond acceptors (Lipinski definition) is 10. The average Bonchev–Trinajstić information content (AvgIpc) is 3.64. The minimum absolute atomic E-state index is 0.00910. The van der Waals surface area contributed by atoms with Crippen molar-refractivity contribution in [3.8, 4) is 17.2 Å². The van der Waals surface area contributed by atoms with Crippen LogP contribution in [0.3, 0.4) is 0 Å². The van der Waals surface area contributed by atoms with Crippen molar-refractivity contribution in [3.63, 3.8) is 0 Å². The maximum absolute atomic E-state index is 13.7. The van der Waals surface area contributed by atoms with Gasteiger partial charge < -0.3 is 24.1 Å². The van der Waals surface area contributed by atoms with Crippen molar-refractivity contribution in [1.82, 2.24) is 4.98 Å². The highest BCUT2D eigenvalue weighted by atomic mass is 32.1. The molecule has 11 heteroatoms. The number of ether oxygens (including phenoxy) is 4. The van der Waals surface area contributed by atoms with Gasteiger partial charge in [-0.05, 0) is 68.7 Å². The largest absolute Gasteiger partial charge is 0.507 e. The van der Waals surface area contributed by atoms with Crippen molar-refractivity contribution in [2.24, 2.45) is 0 Å². The van der Waals surface area contributed by atoms with Crippen LogP contribution in [0.5, 0.6) is 17.2 Å². The molecule has 0 saturated carbocycles. The molecule has 43 heavy (non-hydrogen) atoms. The summed E-state index contributed by atoms with van der Waals surface area (Å²) >= 11 is 0.941. The Morgan fingerprint density at radius 1 is 1.14 bits per heavy atom. The molecule has 1 amide bonds. The van der Waals surface area contributed by atoms with Gasteiger partial charge in [-0.3, -0.25) is 14.5 Å². The van der Waals surface area contributed by atoms with E-state index in [1.807, 2.05) is 13.8 Å². The first kappa shape index (κ1) is 30.1. The summed E-state index contributed by atoms with van der Waals surface area (Å²) in [6.07, 6.45) is 2.47. The molecule has 0 spiro atoms. The maximum Gasteiger partial charge on any atom is 0.350 e. The van der Waals surface area contributed by atoms with Crippen molar-refractivity contribution < 1.29 is 38.4 Å². The monoisotopic (exact) mass is 606 g/mol.